The summed E-state index contributed by atoms with van der Waals surface area (Å²) < 4.78 is 5.53. The van der Waals surface area contributed by atoms with E-state index in [1.807, 2.05) is 13.0 Å². The first-order valence-electron chi connectivity index (χ1n) is 5.15. The summed E-state index contributed by atoms with van der Waals surface area (Å²) >= 11 is 0. The van der Waals surface area contributed by atoms with E-state index >= 15 is 0 Å². The molecule has 2 N–H and O–H groups in total. The molecule has 3 nitrogen and oxygen atoms in total. The van der Waals surface area contributed by atoms with Gasteiger partial charge in [0.1, 0.15) is 0 Å². The van der Waals surface area contributed by atoms with Crippen LogP contribution in [0.1, 0.15) is 20.3 Å². The van der Waals surface area contributed by atoms with Gasteiger partial charge in [-0.15, -0.1) is 0 Å². The van der Waals surface area contributed by atoms with Crippen molar-refractivity contribution in [1.29, 1.82) is 0 Å². The molecule has 2 aliphatic carbocycles. The van der Waals surface area contributed by atoms with Crippen LogP contribution in [-0.4, -0.2) is 28.7 Å². The highest BCUT2D eigenvalue weighted by molar-refractivity contribution is 5.27. The van der Waals surface area contributed by atoms with Crippen LogP contribution in [0.5, 0.6) is 0 Å². The number of aliphatic hydroxyl groups is 2. The molecule has 0 amide bonds. The first-order valence-corrected chi connectivity index (χ1v) is 5.15. The Hall–Kier alpha value is -0.380. The smallest absolute Gasteiger partial charge is 0.180 e. The van der Waals surface area contributed by atoms with Crippen molar-refractivity contribution in [3.63, 3.8) is 0 Å². The van der Waals surface area contributed by atoms with Gasteiger partial charge in [0.15, 0.2) is 5.79 Å². The lowest BCUT2D eigenvalue weighted by atomic mass is 9.73. The van der Waals surface area contributed by atoms with Crippen molar-refractivity contribution < 1.29 is 14.9 Å². The monoisotopic (exact) mass is 196 g/mol. The van der Waals surface area contributed by atoms with Crippen LogP contribution in [0.2, 0.25) is 0 Å². The van der Waals surface area contributed by atoms with E-state index in [9.17, 15) is 10.2 Å². The minimum absolute atomic E-state index is 0.00250. The quantitative estimate of drug-likeness (QED) is 0.560. The van der Waals surface area contributed by atoms with Crippen molar-refractivity contribution in [3.05, 3.63) is 12.2 Å². The van der Waals surface area contributed by atoms with E-state index in [1.165, 1.54) is 0 Å². The Kier molecular flexibility index (Phi) is 1.32. The molecular formula is C11H16O3. The molecular weight excluding hydrogens is 180 g/mol. The average Bonchev–Trinajstić information content (AvgIpc) is 2.39. The summed E-state index contributed by atoms with van der Waals surface area (Å²) in [6, 6.07) is 0. The van der Waals surface area contributed by atoms with Crippen LogP contribution >= 0.6 is 0 Å². The minimum atomic E-state index is -1.14. The van der Waals surface area contributed by atoms with E-state index in [4.69, 9.17) is 4.74 Å². The number of hydrogen-bond acceptors (Lipinski definition) is 3. The summed E-state index contributed by atoms with van der Waals surface area (Å²) in [6.45, 7) is 4.64. The molecule has 3 rings (SSSR count). The van der Waals surface area contributed by atoms with Crippen molar-refractivity contribution in [2.45, 2.75) is 32.2 Å². The zero-order valence-corrected chi connectivity index (χ0v) is 8.53. The Bertz CT molecular complexity index is 324. The van der Waals surface area contributed by atoms with Gasteiger partial charge in [-0.05, 0) is 6.42 Å². The predicted molar refractivity (Wildman–Crippen MR) is 50.4 cm³/mol. The normalized spacial score (nSPS) is 64.9. The highest BCUT2D eigenvalue weighted by atomic mass is 16.6. The van der Waals surface area contributed by atoms with Gasteiger partial charge in [-0.1, -0.05) is 26.0 Å². The second-order valence-electron chi connectivity index (χ2n) is 5.54. The fourth-order valence-corrected chi connectivity index (χ4v) is 3.68. The van der Waals surface area contributed by atoms with Crippen LogP contribution < -0.4 is 0 Å². The van der Waals surface area contributed by atoms with Gasteiger partial charge in [0.2, 0.25) is 0 Å². The Morgan fingerprint density at radius 3 is 2.71 bits per heavy atom. The number of ether oxygens (including phenoxy) is 1. The maximum absolute atomic E-state index is 10.5. The number of rotatable bonds is 0. The summed E-state index contributed by atoms with van der Waals surface area (Å²) in [5, 5.41) is 20.4. The van der Waals surface area contributed by atoms with Crippen molar-refractivity contribution in [1.82, 2.24) is 0 Å². The molecule has 0 radical (unpaired) electrons. The molecule has 0 unspecified atom stereocenters. The highest BCUT2D eigenvalue weighted by Crippen LogP contribution is 2.67. The molecule has 0 aromatic heterocycles. The van der Waals surface area contributed by atoms with Gasteiger partial charge in [0.05, 0.1) is 18.1 Å². The molecule has 78 valence electrons. The maximum atomic E-state index is 10.5. The summed E-state index contributed by atoms with van der Waals surface area (Å²) in [4.78, 5) is 0. The summed E-state index contributed by atoms with van der Waals surface area (Å²) in [5.74, 6) is -1.10. The number of aliphatic hydroxyl groups excluding tert-OH is 1. The van der Waals surface area contributed by atoms with Crippen LogP contribution in [0.3, 0.4) is 0 Å². The Labute approximate surface area is 83.4 Å². The van der Waals surface area contributed by atoms with Crippen LogP contribution in [0.4, 0.5) is 0 Å². The third-order valence-corrected chi connectivity index (χ3v) is 4.52. The van der Waals surface area contributed by atoms with E-state index in [-0.39, 0.29) is 11.3 Å². The van der Waals surface area contributed by atoms with Crippen LogP contribution in [0.15, 0.2) is 12.2 Å². The Morgan fingerprint density at radius 1 is 1.36 bits per heavy atom. The molecule has 1 saturated carbocycles. The summed E-state index contributed by atoms with van der Waals surface area (Å²) in [7, 11) is 0. The van der Waals surface area contributed by atoms with Gasteiger partial charge >= 0.3 is 0 Å². The van der Waals surface area contributed by atoms with Crippen LogP contribution in [0, 0.1) is 16.7 Å². The molecule has 1 saturated heterocycles. The molecule has 1 aliphatic heterocycles. The van der Waals surface area contributed by atoms with Crippen molar-refractivity contribution in [2.75, 3.05) is 6.61 Å². The lowest BCUT2D eigenvalue weighted by molar-refractivity contribution is -0.278. The predicted octanol–water partition coefficient (Wildman–Crippen LogP) is 0.668. The van der Waals surface area contributed by atoms with Gasteiger partial charge in [0, 0.05) is 11.3 Å². The minimum Gasteiger partial charge on any atom is -0.388 e. The van der Waals surface area contributed by atoms with Crippen molar-refractivity contribution in [3.8, 4) is 0 Å². The first kappa shape index (κ1) is 8.89. The third kappa shape index (κ3) is 0.658. The number of hydrogen-bond donors (Lipinski definition) is 2. The second-order valence-corrected chi connectivity index (χ2v) is 5.54. The lowest BCUT2D eigenvalue weighted by Crippen LogP contribution is -2.54. The van der Waals surface area contributed by atoms with E-state index in [1.54, 1.807) is 6.08 Å². The van der Waals surface area contributed by atoms with E-state index < -0.39 is 17.3 Å². The Morgan fingerprint density at radius 2 is 2.07 bits per heavy atom. The zero-order valence-electron chi connectivity index (χ0n) is 8.53. The van der Waals surface area contributed by atoms with Gasteiger partial charge < -0.3 is 14.9 Å². The molecule has 3 heteroatoms. The van der Waals surface area contributed by atoms with Gasteiger partial charge in [-0.25, -0.2) is 0 Å². The fourth-order valence-electron chi connectivity index (χ4n) is 3.68. The van der Waals surface area contributed by atoms with Crippen molar-refractivity contribution in [2.24, 2.45) is 16.7 Å². The zero-order chi connectivity index (χ0) is 10.2. The maximum Gasteiger partial charge on any atom is 0.180 e. The molecule has 5 atom stereocenters. The fraction of sp³-hybridized carbons (Fsp3) is 0.818. The van der Waals surface area contributed by atoms with Crippen molar-refractivity contribution >= 4 is 0 Å². The largest absolute Gasteiger partial charge is 0.388 e. The summed E-state index contributed by atoms with van der Waals surface area (Å²) in [5.41, 5.74) is -0.531. The second kappa shape index (κ2) is 2.08. The standard InChI is InChI=1S/C11H16O3/c1-9-5-10(2)8(12)4-3-7(9)11(10,13)14-6-9/h3-4,7-8,12-13H,5-6H2,1-2H3/t7-,8+,9-,10-,11+/m0/s1. The molecule has 3 aliphatic rings. The molecule has 0 spiro atoms. The van der Waals surface area contributed by atoms with Gasteiger partial charge in [-0.3, -0.25) is 0 Å². The molecule has 4 bridgehead atoms. The van der Waals surface area contributed by atoms with E-state index in [2.05, 4.69) is 6.92 Å². The van der Waals surface area contributed by atoms with Gasteiger partial charge in [-0.2, -0.15) is 0 Å². The van der Waals surface area contributed by atoms with Crippen LogP contribution in [-0.2, 0) is 4.74 Å². The Balaban J connectivity index is 2.20. The third-order valence-electron chi connectivity index (χ3n) is 4.52. The molecule has 2 fully saturated rings. The molecule has 0 aromatic carbocycles. The average molecular weight is 196 g/mol. The van der Waals surface area contributed by atoms with E-state index in [0.717, 1.165) is 6.42 Å². The molecule has 0 aromatic rings. The first-order chi connectivity index (χ1) is 6.42. The lowest BCUT2D eigenvalue weighted by Gasteiger charge is -2.45. The van der Waals surface area contributed by atoms with Crippen LogP contribution in [0.25, 0.3) is 0 Å². The topological polar surface area (TPSA) is 49.7 Å². The SMILES string of the molecule is C[C@]12CO[C@]3(O)[C@H]1C=C[C@@H](O)[C@]3(C)C2. The highest BCUT2D eigenvalue weighted by Gasteiger charge is 2.73. The van der Waals surface area contributed by atoms with E-state index in [0.29, 0.717) is 6.61 Å². The molecule has 14 heavy (non-hydrogen) atoms. The summed E-state index contributed by atoms with van der Waals surface area (Å²) in [6.07, 6.45) is 3.96. The molecule has 1 heterocycles. The van der Waals surface area contributed by atoms with Gasteiger partial charge in [0.25, 0.3) is 0 Å².